The summed E-state index contributed by atoms with van der Waals surface area (Å²) in [5, 5.41) is 3.27. The molecule has 0 aromatic carbocycles. The topological polar surface area (TPSA) is 56.8 Å². The van der Waals surface area contributed by atoms with E-state index < -0.39 is 5.54 Å². The van der Waals surface area contributed by atoms with E-state index in [2.05, 4.69) is 5.32 Å². The molecule has 120 valence electrons. The number of ether oxygens (including phenoxy) is 3. The highest BCUT2D eigenvalue weighted by Gasteiger charge is 2.36. The van der Waals surface area contributed by atoms with Crippen LogP contribution in [0.15, 0.2) is 0 Å². The zero-order chi connectivity index (χ0) is 15.8. The highest BCUT2D eigenvalue weighted by Crippen LogP contribution is 2.18. The minimum Gasteiger partial charge on any atom is -0.468 e. The van der Waals surface area contributed by atoms with E-state index in [1.165, 1.54) is 7.11 Å². The zero-order valence-electron chi connectivity index (χ0n) is 14.0. The lowest BCUT2D eigenvalue weighted by atomic mass is 9.93. The molecule has 0 spiro atoms. The molecule has 0 rings (SSSR count). The first-order chi connectivity index (χ1) is 9.25. The molecule has 3 atom stereocenters. The molecular weight excluding hydrogens is 258 g/mol. The van der Waals surface area contributed by atoms with Crippen LogP contribution in [0, 0.1) is 0 Å². The van der Waals surface area contributed by atoms with Gasteiger partial charge in [-0.05, 0) is 41.5 Å². The van der Waals surface area contributed by atoms with Crippen molar-refractivity contribution in [2.45, 2.75) is 71.8 Å². The summed E-state index contributed by atoms with van der Waals surface area (Å²) in [5.41, 5.74) is -0.742. The summed E-state index contributed by atoms with van der Waals surface area (Å²) in [5.74, 6) is -0.265. The molecule has 1 N–H and O–H groups in total. The summed E-state index contributed by atoms with van der Waals surface area (Å²) < 4.78 is 16.1. The van der Waals surface area contributed by atoms with Gasteiger partial charge < -0.3 is 14.2 Å². The van der Waals surface area contributed by atoms with Crippen molar-refractivity contribution in [2.24, 2.45) is 0 Å². The van der Waals surface area contributed by atoms with Gasteiger partial charge in [0.05, 0.1) is 25.9 Å². The molecule has 5 heteroatoms. The first-order valence-corrected chi connectivity index (χ1v) is 7.34. The van der Waals surface area contributed by atoms with Crippen LogP contribution in [0.2, 0.25) is 0 Å². The van der Waals surface area contributed by atoms with Gasteiger partial charge in [0.25, 0.3) is 0 Å². The van der Waals surface area contributed by atoms with E-state index in [0.717, 1.165) is 0 Å². The molecule has 0 aromatic heterocycles. The molecule has 0 aliphatic heterocycles. The normalized spacial score (nSPS) is 17.6. The molecule has 0 aliphatic carbocycles. The van der Waals surface area contributed by atoms with Crippen molar-refractivity contribution >= 4 is 5.97 Å². The Kier molecular flexibility index (Phi) is 9.01. The Morgan fingerprint density at radius 1 is 1.20 bits per heavy atom. The largest absolute Gasteiger partial charge is 0.468 e. The lowest BCUT2D eigenvalue weighted by Gasteiger charge is -2.33. The highest BCUT2D eigenvalue weighted by molar-refractivity contribution is 5.80. The third kappa shape index (κ3) is 7.22. The SMILES string of the molecule is CCOCC(C)OC(C)CC(C)(NC(C)C)C(=O)OC. The molecular formula is C15H31NO4. The second-order valence-electron chi connectivity index (χ2n) is 5.74. The molecule has 3 unspecified atom stereocenters. The van der Waals surface area contributed by atoms with E-state index in [1.54, 1.807) is 0 Å². The average Bonchev–Trinajstić information content (AvgIpc) is 2.33. The number of hydrogen-bond donors (Lipinski definition) is 1. The maximum absolute atomic E-state index is 12.0. The van der Waals surface area contributed by atoms with Gasteiger partial charge in [-0.2, -0.15) is 0 Å². The maximum Gasteiger partial charge on any atom is 0.325 e. The fraction of sp³-hybridized carbons (Fsp3) is 0.933. The zero-order valence-corrected chi connectivity index (χ0v) is 14.0. The van der Waals surface area contributed by atoms with Gasteiger partial charge in [-0.25, -0.2) is 0 Å². The van der Waals surface area contributed by atoms with Crippen LogP contribution in [0.25, 0.3) is 0 Å². The number of carbonyl (C=O) groups excluding carboxylic acids is 1. The Morgan fingerprint density at radius 2 is 1.80 bits per heavy atom. The summed E-state index contributed by atoms with van der Waals surface area (Å²) >= 11 is 0. The van der Waals surface area contributed by atoms with Crippen molar-refractivity contribution in [3.63, 3.8) is 0 Å². The van der Waals surface area contributed by atoms with Gasteiger partial charge in [-0.1, -0.05) is 0 Å². The number of esters is 1. The molecule has 0 bridgehead atoms. The van der Waals surface area contributed by atoms with Crippen LogP contribution in [-0.2, 0) is 19.0 Å². The highest BCUT2D eigenvalue weighted by atomic mass is 16.5. The number of carbonyl (C=O) groups is 1. The smallest absolute Gasteiger partial charge is 0.325 e. The van der Waals surface area contributed by atoms with Crippen LogP contribution >= 0.6 is 0 Å². The van der Waals surface area contributed by atoms with Gasteiger partial charge in [0.2, 0.25) is 0 Å². The molecule has 0 aliphatic rings. The molecule has 0 saturated carbocycles. The second kappa shape index (κ2) is 9.32. The molecule has 0 heterocycles. The molecule has 0 radical (unpaired) electrons. The predicted octanol–water partition coefficient (Wildman–Crippen LogP) is 2.14. The first kappa shape index (κ1) is 19.4. The van der Waals surface area contributed by atoms with Crippen molar-refractivity contribution in [3.8, 4) is 0 Å². The quantitative estimate of drug-likeness (QED) is 0.624. The van der Waals surface area contributed by atoms with E-state index in [9.17, 15) is 4.79 Å². The summed E-state index contributed by atoms with van der Waals surface area (Å²) in [6, 6.07) is 0.187. The van der Waals surface area contributed by atoms with Crippen molar-refractivity contribution < 1.29 is 19.0 Å². The molecule has 20 heavy (non-hydrogen) atoms. The molecule has 0 fully saturated rings. The Morgan fingerprint density at radius 3 is 2.25 bits per heavy atom. The monoisotopic (exact) mass is 289 g/mol. The molecule has 5 nitrogen and oxygen atoms in total. The minimum absolute atomic E-state index is 0.00546. The predicted molar refractivity (Wildman–Crippen MR) is 79.8 cm³/mol. The van der Waals surface area contributed by atoms with Crippen LogP contribution in [0.5, 0.6) is 0 Å². The van der Waals surface area contributed by atoms with Crippen LogP contribution in [0.4, 0.5) is 0 Å². The van der Waals surface area contributed by atoms with Crippen LogP contribution in [0.1, 0.15) is 48.0 Å². The van der Waals surface area contributed by atoms with E-state index in [4.69, 9.17) is 14.2 Å². The van der Waals surface area contributed by atoms with Crippen molar-refractivity contribution in [1.82, 2.24) is 5.32 Å². The summed E-state index contributed by atoms with van der Waals surface area (Å²) in [4.78, 5) is 12.0. The summed E-state index contributed by atoms with van der Waals surface area (Å²) in [7, 11) is 1.41. The minimum atomic E-state index is -0.742. The summed E-state index contributed by atoms with van der Waals surface area (Å²) in [6.45, 7) is 13.0. The number of rotatable bonds is 10. The lowest BCUT2D eigenvalue weighted by molar-refractivity contribution is -0.150. The van der Waals surface area contributed by atoms with Gasteiger partial charge in [-0.15, -0.1) is 0 Å². The average molecular weight is 289 g/mol. The number of methoxy groups -OCH3 is 1. The molecule has 0 amide bonds. The van der Waals surface area contributed by atoms with Gasteiger partial charge in [-0.3, -0.25) is 10.1 Å². The maximum atomic E-state index is 12.0. The fourth-order valence-corrected chi connectivity index (χ4v) is 2.41. The molecule has 0 saturated heterocycles. The standard InChI is InChI=1S/C15H31NO4/c1-8-19-10-13(5)20-12(4)9-15(6,14(17)18-7)16-11(2)3/h11-13,16H,8-10H2,1-7H3. The fourth-order valence-electron chi connectivity index (χ4n) is 2.41. The van der Waals surface area contributed by atoms with Crippen LogP contribution in [0.3, 0.4) is 0 Å². The van der Waals surface area contributed by atoms with Crippen molar-refractivity contribution in [2.75, 3.05) is 20.3 Å². The van der Waals surface area contributed by atoms with Gasteiger partial charge >= 0.3 is 5.97 Å². The number of hydrogen-bond acceptors (Lipinski definition) is 5. The van der Waals surface area contributed by atoms with E-state index >= 15 is 0 Å². The Bertz CT molecular complexity index is 283. The van der Waals surface area contributed by atoms with Gasteiger partial charge in [0, 0.05) is 19.1 Å². The Hall–Kier alpha value is -0.650. The first-order valence-electron chi connectivity index (χ1n) is 7.34. The number of nitrogens with one attached hydrogen (secondary N) is 1. The summed E-state index contributed by atoms with van der Waals surface area (Å²) in [6.07, 6.45) is 0.487. The third-order valence-electron chi connectivity index (χ3n) is 2.96. The third-order valence-corrected chi connectivity index (χ3v) is 2.96. The van der Waals surface area contributed by atoms with Gasteiger partial charge in [0.15, 0.2) is 0 Å². The van der Waals surface area contributed by atoms with E-state index in [1.807, 2.05) is 41.5 Å². The molecule has 0 aromatic rings. The Balaban J connectivity index is 4.53. The van der Waals surface area contributed by atoms with E-state index in [0.29, 0.717) is 19.6 Å². The van der Waals surface area contributed by atoms with Crippen LogP contribution < -0.4 is 5.32 Å². The Labute approximate surface area is 123 Å². The van der Waals surface area contributed by atoms with Crippen LogP contribution in [-0.4, -0.2) is 50.1 Å². The van der Waals surface area contributed by atoms with Crippen molar-refractivity contribution in [3.05, 3.63) is 0 Å². The van der Waals surface area contributed by atoms with Gasteiger partial charge in [0.1, 0.15) is 5.54 Å². The lowest BCUT2D eigenvalue weighted by Crippen LogP contribution is -2.54. The second-order valence-corrected chi connectivity index (χ2v) is 5.74. The van der Waals surface area contributed by atoms with Crippen molar-refractivity contribution in [1.29, 1.82) is 0 Å². The van der Waals surface area contributed by atoms with E-state index in [-0.39, 0.29) is 24.2 Å².